The maximum atomic E-state index is 13.5. The fourth-order valence-electron chi connectivity index (χ4n) is 5.98. The van der Waals surface area contributed by atoms with Gasteiger partial charge in [-0.05, 0) is 55.0 Å². The molecule has 2 amide bonds. The van der Waals surface area contributed by atoms with Crippen molar-refractivity contribution in [2.45, 2.75) is 18.5 Å². The molecule has 2 N–H and O–H groups in total. The molecular formula is C31H24N8O2. The Labute approximate surface area is 234 Å². The summed E-state index contributed by atoms with van der Waals surface area (Å²) >= 11 is 0. The molecule has 2 unspecified atom stereocenters. The van der Waals surface area contributed by atoms with Gasteiger partial charge in [-0.3, -0.25) is 9.59 Å². The molecule has 41 heavy (non-hydrogen) atoms. The lowest BCUT2D eigenvalue weighted by molar-refractivity contribution is 0.0520. The summed E-state index contributed by atoms with van der Waals surface area (Å²) in [7, 11) is 0. The Kier molecular flexibility index (Phi) is 5.21. The summed E-state index contributed by atoms with van der Waals surface area (Å²) < 4.78 is 0. The van der Waals surface area contributed by atoms with Crippen LogP contribution in [0.3, 0.4) is 0 Å². The van der Waals surface area contributed by atoms with E-state index in [1.54, 1.807) is 12.1 Å². The van der Waals surface area contributed by atoms with Crippen LogP contribution in [0.1, 0.15) is 27.4 Å². The summed E-state index contributed by atoms with van der Waals surface area (Å²) in [5, 5.41) is 0. The molecule has 6 aromatic rings. The smallest absolute Gasteiger partial charge is 0.272 e. The molecule has 0 spiro atoms. The third-order valence-electron chi connectivity index (χ3n) is 7.96. The van der Waals surface area contributed by atoms with E-state index in [0.717, 1.165) is 28.5 Å². The highest BCUT2D eigenvalue weighted by atomic mass is 16.2. The van der Waals surface area contributed by atoms with Crippen molar-refractivity contribution in [3.8, 4) is 23.0 Å². The minimum atomic E-state index is -0.132. The van der Waals surface area contributed by atoms with Crippen molar-refractivity contribution in [1.82, 2.24) is 39.7 Å². The van der Waals surface area contributed by atoms with E-state index in [-0.39, 0.29) is 23.9 Å². The average Bonchev–Trinajstić information content (AvgIpc) is 3.82. The number of carbonyl (C=O) groups is 2. The number of nitrogens with zero attached hydrogens (tertiary/aromatic N) is 6. The molecule has 0 radical (unpaired) electrons. The zero-order valence-corrected chi connectivity index (χ0v) is 21.9. The van der Waals surface area contributed by atoms with Crippen molar-refractivity contribution in [3.05, 3.63) is 96.3 Å². The third-order valence-corrected chi connectivity index (χ3v) is 7.96. The maximum absolute atomic E-state index is 13.5. The number of pyridine rings is 2. The molecular weight excluding hydrogens is 516 g/mol. The first-order chi connectivity index (χ1) is 20.1. The number of rotatable bonds is 4. The van der Waals surface area contributed by atoms with Crippen LogP contribution in [0.5, 0.6) is 0 Å². The standard InChI is InChI=1S/C31H24N8O2/c40-30(26-13-5-11-24(32-26)28-34-20-7-1-2-8-21(20)35-28)38-16-19-15-18(38)17-39(19)31(41)27-14-6-12-25(33-27)29-36-22-9-3-4-10-23(22)37-29/h1-14,18-19H,15-17H2,(H,34,35)(H,36,37). The van der Waals surface area contributed by atoms with E-state index in [4.69, 9.17) is 0 Å². The molecule has 2 aliphatic rings. The van der Waals surface area contributed by atoms with Crippen LogP contribution in [-0.2, 0) is 0 Å². The highest BCUT2D eigenvalue weighted by Gasteiger charge is 2.47. The fraction of sp³-hybridized carbons (Fsp3) is 0.161. The normalized spacial score (nSPS) is 18.0. The number of para-hydroxylation sites is 4. The van der Waals surface area contributed by atoms with Gasteiger partial charge in [0.1, 0.15) is 22.8 Å². The second-order valence-electron chi connectivity index (χ2n) is 10.5. The van der Waals surface area contributed by atoms with E-state index in [9.17, 15) is 9.59 Å². The lowest BCUT2D eigenvalue weighted by Gasteiger charge is -2.34. The average molecular weight is 541 g/mol. The molecule has 200 valence electrons. The summed E-state index contributed by atoms with van der Waals surface area (Å²) in [6, 6.07) is 26.2. The van der Waals surface area contributed by atoms with Gasteiger partial charge in [0.25, 0.3) is 11.8 Å². The summed E-state index contributed by atoms with van der Waals surface area (Å²) in [5.74, 6) is 0.982. The van der Waals surface area contributed by atoms with Gasteiger partial charge in [-0.25, -0.2) is 19.9 Å². The molecule has 2 saturated heterocycles. The molecule has 0 aliphatic carbocycles. The van der Waals surface area contributed by atoms with Crippen LogP contribution in [0.2, 0.25) is 0 Å². The van der Waals surface area contributed by atoms with Gasteiger partial charge in [0.05, 0.1) is 34.2 Å². The number of piperazine rings is 1. The SMILES string of the molecule is O=C(c1cccc(-c2nc3ccccc3[nH]2)n1)N1CC2CC1CN2C(=O)c1cccc(-c2nc3ccccc3[nH]2)n1. The summed E-state index contributed by atoms with van der Waals surface area (Å²) in [5.41, 5.74) is 5.50. The second-order valence-corrected chi connectivity index (χ2v) is 10.5. The third kappa shape index (κ3) is 3.95. The Morgan fingerprint density at radius 1 is 0.585 bits per heavy atom. The van der Waals surface area contributed by atoms with Gasteiger partial charge in [-0.2, -0.15) is 0 Å². The van der Waals surface area contributed by atoms with E-state index >= 15 is 0 Å². The van der Waals surface area contributed by atoms with E-state index in [1.807, 2.05) is 82.6 Å². The number of H-pyrrole nitrogens is 2. The number of hydrogen-bond donors (Lipinski definition) is 2. The number of nitrogens with one attached hydrogen (secondary N) is 2. The van der Waals surface area contributed by atoms with Gasteiger partial charge in [-0.1, -0.05) is 36.4 Å². The zero-order valence-electron chi connectivity index (χ0n) is 21.9. The number of likely N-dealkylation sites (tertiary alicyclic amines) is 2. The Bertz CT molecular complexity index is 1770. The minimum Gasteiger partial charge on any atom is -0.337 e. The number of benzene rings is 2. The van der Waals surface area contributed by atoms with Crippen molar-refractivity contribution in [2.24, 2.45) is 0 Å². The lowest BCUT2D eigenvalue weighted by Crippen LogP contribution is -2.50. The predicted octanol–water partition coefficient (Wildman–Crippen LogP) is 4.30. The molecule has 0 saturated carbocycles. The number of imidazole rings is 2. The fourth-order valence-corrected chi connectivity index (χ4v) is 5.98. The van der Waals surface area contributed by atoms with E-state index in [0.29, 0.717) is 47.5 Å². The largest absolute Gasteiger partial charge is 0.337 e. The van der Waals surface area contributed by atoms with Crippen LogP contribution in [0.15, 0.2) is 84.9 Å². The van der Waals surface area contributed by atoms with Crippen molar-refractivity contribution in [1.29, 1.82) is 0 Å². The van der Waals surface area contributed by atoms with Gasteiger partial charge in [-0.15, -0.1) is 0 Å². The van der Waals surface area contributed by atoms with Crippen molar-refractivity contribution in [2.75, 3.05) is 13.1 Å². The Hall–Kier alpha value is -5.38. The van der Waals surface area contributed by atoms with Crippen molar-refractivity contribution < 1.29 is 9.59 Å². The number of fused-ring (bicyclic) bond motifs is 4. The monoisotopic (exact) mass is 540 g/mol. The first-order valence-corrected chi connectivity index (χ1v) is 13.6. The van der Waals surface area contributed by atoms with Gasteiger partial charge in [0.2, 0.25) is 0 Å². The minimum absolute atomic E-state index is 0.0633. The highest BCUT2D eigenvalue weighted by Crippen LogP contribution is 2.33. The van der Waals surface area contributed by atoms with Gasteiger partial charge < -0.3 is 19.8 Å². The Balaban J connectivity index is 0.990. The van der Waals surface area contributed by atoms with Crippen LogP contribution in [0.25, 0.3) is 45.1 Å². The molecule has 8 rings (SSSR count). The molecule has 2 aromatic carbocycles. The number of aromatic nitrogens is 6. The predicted molar refractivity (Wildman–Crippen MR) is 153 cm³/mol. The first kappa shape index (κ1) is 23.5. The summed E-state index contributed by atoms with van der Waals surface area (Å²) in [6.45, 7) is 0.935. The van der Waals surface area contributed by atoms with Crippen molar-refractivity contribution in [3.63, 3.8) is 0 Å². The van der Waals surface area contributed by atoms with E-state index in [1.165, 1.54) is 0 Å². The molecule has 4 aromatic heterocycles. The quantitative estimate of drug-likeness (QED) is 0.344. The summed E-state index contributed by atoms with van der Waals surface area (Å²) in [4.78, 5) is 55.8. The first-order valence-electron chi connectivity index (χ1n) is 13.6. The van der Waals surface area contributed by atoms with Crippen LogP contribution in [0, 0.1) is 0 Å². The molecule has 10 nitrogen and oxygen atoms in total. The molecule has 2 atom stereocenters. The van der Waals surface area contributed by atoms with Crippen LogP contribution < -0.4 is 0 Å². The molecule has 10 heteroatoms. The van der Waals surface area contributed by atoms with Crippen LogP contribution in [0.4, 0.5) is 0 Å². The van der Waals surface area contributed by atoms with Crippen LogP contribution >= 0.6 is 0 Å². The van der Waals surface area contributed by atoms with Gasteiger partial charge >= 0.3 is 0 Å². The number of hydrogen-bond acceptors (Lipinski definition) is 6. The Morgan fingerprint density at radius 3 is 1.49 bits per heavy atom. The highest BCUT2D eigenvalue weighted by molar-refractivity contribution is 5.96. The number of aromatic amines is 2. The van der Waals surface area contributed by atoms with Gasteiger partial charge in [0.15, 0.2) is 11.6 Å². The van der Waals surface area contributed by atoms with Crippen LogP contribution in [-0.4, -0.2) is 76.7 Å². The topological polar surface area (TPSA) is 124 Å². The molecule has 2 fully saturated rings. The van der Waals surface area contributed by atoms with E-state index in [2.05, 4.69) is 29.9 Å². The lowest BCUT2D eigenvalue weighted by atomic mass is 10.2. The summed E-state index contributed by atoms with van der Waals surface area (Å²) in [6.07, 6.45) is 0.740. The number of carbonyl (C=O) groups excluding carboxylic acids is 2. The van der Waals surface area contributed by atoms with Gasteiger partial charge in [0, 0.05) is 13.1 Å². The molecule has 6 heterocycles. The van der Waals surface area contributed by atoms with Crippen molar-refractivity contribution >= 4 is 33.9 Å². The van der Waals surface area contributed by atoms with E-state index < -0.39 is 0 Å². The Morgan fingerprint density at radius 2 is 1.05 bits per heavy atom. The molecule has 2 bridgehead atoms. The zero-order chi connectivity index (χ0) is 27.5. The maximum Gasteiger partial charge on any atom is 0.272 e. The second kappa shape index (κ2) is 9.09. The molecule has 2 aliphatic heterocycles. The number of amides is 2.